The van der Waals surface area contributed by atoms with Crippen LogP contribution in [0, 0.1) is 6.92 Å². The van der Waals surface area contributed by atoms with Gasteiger partial charge in [0.15, 0.2) is 0 Å². The summed E-state index contributed by atoms with van der Waals surface area (Å²) < 4.78 is 0. The lowest BCUT2D eigenvalue weighted by Gasteiger charge is -2.08. The van der Waals surface area contributed by atoms with Crippen molar-refractivity contribution in [3.05, 3.63) is 53.1 Å². The lowest BCUT2D eigenvalue weighted by Crippen LogP contribution is -2.13. The lowest BCUT2D eigenvalue weighted by atomic mass is 10.2. The van der Waals surface area contributed by atoms with Crippen LogP contribution >= 0.6 is 23.4 Å². The van der Waals surface area contributed by atoms with Gasteiger partial charge < -0.3 is 11.1 Å². The van der Waals surface area contributed by atoms with Crippen molar-refractivity contribution >= 4 is 40.6 Å². The molecule has 0 heterocycles. The standard InChI is InChI=1S/C16H17ClN2OS/c1-11-2-3-12(17)10-15(11)19-16(20)8-9-21-14-6-4-13(18)5-7-14/h2-7,10H,8-9,18H2,1H3,(H,19,20). The fraction of sp³-hybridized carbons (Fsp3) is 0.188. The molecule has 2 aromatic rings. The highest BCUT2D eigenvalue weighted by Gasteiger charge is 2.06. The molecule has 0 atom stereocenters. The van der Waals surface area contributed by atoms with Gasteiger partial charge in [0.05, 0.1) is 0 Å². The third-order valence-electron chi connectivity index (χ3n) is 2.95. The van der Waals surface area contributed by atoms with Crippen LogP contribution in [-0.4, -0.2) is 11.7 Å². The average molecular weight is 321 g/mol. The minimum atomic E-state index is -0.0108. The van der Waals surface area contributed by atoms with Crippen LogP contribution in [0.4, 0.5) is 11.4 Å². The molecule has 0 fully saturated rings. The first-order valence-electron chi connectivity index (χ1n) is 6.59. The summed E-state index contributed by atoms with van der Waals surface area (Å²) in [5, 5.41) is 3.51. The quantitative estimate of drug-likeness (QED) is 0.636. The molecule has 3 N–H and O–H groups in total. The highest BCUT2D eigenvalue weighted by atomic mass is 35.5. The number of halogens is 1. The van der Waals surface area contributed by atoms with Gasteiger partial charge in [-0.15, -0.1) is 11.8 Å². The minimum Gasteiger partial charge on any atom is -0.399 e. The molecular formula is C16H17ClN2OS. The minimum absolute atomic E-state index is 0.0108. The Morgan fingerprint density at radius 3 is 2.67 bits per heavy atom. The SMILES string of the molecule is Cc1ccc(Cl)cc1NC(=O)CCSc1ccc(N)cc1. The van der Waals surface area contributed by atoms with E-state index in [1.807, 2.05) is 43.3 Å². The first-order chi connectivity index (χ1) is 10.0. The van der Waals surface area contributed by atoms with Crippen molar-refractivity contribution in [3.63, 3.8) is 0 Å². The maximum Gasteiger partial charge on any atom is 0.225 e. The smallest absolute Gasteiger partial charge is 0.225 e. The van der Waals surface area contributed by atoms with Crippen LogP contribution in [-0.2, 0) is 4.79 Å². The number of thioether (sulfide) groups is 1. The van der Waals surface area contributed by atoms with E-state index >= 15 is 0 Å². The summed E-state index contributed by atoms with van der Waals surface area (Å²) in [5.41, 5.74) is 8.14. The third-order valence-corrected chi connectivity index (χ3v) is 4.20. The van der Waals surface area contributed by atoms with Crippen LogP contribution in [0.3, 0.4) is 0 Å². The highest BCUT2D eigenvalue weighted by molar-refractivity contribution is 7.99. The maximum absolute atomic E-state index is 11.9. The second-order valence-corrected chi connectivity index (χ2v) is 6.28. The Kier molecular flexibility index (Phi) is 5.53. The predicted octanol–water partition coefficient (Wildman–Crippen LogP) is 4.35. The number of nitrogens with one attached hydrogen (secondary N) is 1. The van der Waals surface area contributed by atoms with Crippen molar-refractivity contribution in [2.75, 3.05) is 16.8 Å². The Bertz CT molecular complexity index is 629. The van der Waals surface area contributed by atoms with Crippen molar-refractivity contribution in [3.8, 4) is 0 Å². The predicted molar refractivity (Wildman–Crippen MR) is 91.0 cm³/mol. The van der Waals surface area contributed by atoms with Gasteiger partial charge in [0.2, 0.25) is 5.91 Å². The van der Waals surface area contributed by atoms with Gasteiger partial charge in [0.1, 0.15) is 0 Å². The van der Waals surface area contributed by atoms with Crippen molar-refractivity contribution in [1.82, 2.24) is 0 Å². The largest absolute Gasteiger partial charge is 0.399 e. The topological polar surface area (TPSA) is 55.1 Å². The zero-order valence-electron chi connectivity index (χ0n) is 11.7. The van der Waals surface area contributed by atoms with E-state index in [1.165, 1.54) is 0 Å². The summed E-state index contributed by atoms with van der Waals surface area (Å²) in [6.45, 7) is 1.94. The molecule has 0 radical (unpaired) electrons. The molecule has 0 aliphatic carbocycles. The Morgan fingerprint density at radius 1 is 1.24 bits per heavy atom. The Labute approximate surface area is 133 Å². The Morgan fingerprint density at radius 2 is 1.95 bits per heavy atom. The number of rotatable bonds is 5. The van der Waals surface area contributed by atoms with E-state index in [0.717, 1.165) is 27.6 Å². The number of nitrogens with two attached hydrogens (primary N) is 1. The van der Waals surface area contributed by atoms with Gasteiger partial charge in [-0.3, -0.25) is 4.79 Å². The molecule has 0 aliphatic heterocycles. The van der Waals surface area contributed by atoms with Gasteiger partial charge >= 0.3 is 0 Å². The second-order valence-electron chi connectivity index (χ2n) is 4.67. The second kappa shape index (κ2) is 7.38. The molecule has 3 nitrogen and oxygen atoms in total. The van der Waals surface area contributed by atoms with E-state index in [9.17, 15) is 4.79 Å². The van der Waals surface area contributed by atoms with Gasteiger partial charge in [-0.05, 0) is 48.9 Å². The number of amides is 1. The Hall–Kier alpha value is -1.65. The highest BCUT2D eigenvalue weighted by Crippen LogP contribution is 2.22. The van der Waals surface area contributed by atoms with Crippen LogP contribution < -0.4 is 11.1 Å². The molecule has 0 aromatic heterocycles. The van der Waals surface area contributed by atoms with E-state index in [1.54, 1.807) is 17.8 Å². The van der Waals surface area contributed by atoms with E-state index in [-0.39, 0.29) is 5.91 Å². The first kappa shape index (κ1) is 15.7. The van der Waals surface area contributed by atoms with E-state index in [4.69, 9.17) is 17.3 Å². The molecule has 21 heavy (non-hydrogen) atoms. The molecule has 0 saturated heterocycles. The van der Waals surface area contributed by atoms with Gasteiger partial charge in [-0.25, -0.2) is 0 Å². The van der Waals surface area contributed by atoms with Crippen molar-refractivity contribution in [1.29, 1.82) is 0 Å². The normalized spacial score (nSPS) is 10.4. The monoisotopic (exact) mass is 320 g/mol. The fourth-order valence-corrected chi connectivity index (χ4v) is 2.79. The average Bonchev–Trinajstić information content (AvgIpc) is 2.45. The number of hydrogen-bond acceptors (Lipinski definition) is 3. The summed E-state index contributed by atoms with van der Waals surface area (Å²) in [6.07, 6.45) is 0.445. The summed E-state index contributed by atoms with van der Waals surface area (Å²) in [6, 6.07) is 13.1. The molecule has 2 aromatic carbocycles. The Balaban J connectivity index is 1.82. The number of anilines is 2. The molecule has 5 heteroatoms. The van der Waals surface area contributed by atoms with Crippen molar-refractivity contribution in [2.24, 2.45) is 0 Å². The molecule has 0 aliphatic rings. The number of aryl methyl sites for hydroxylation is 1. The summed E-state index contributed by atoms with van der Waals surface area (Å²) in [5.74, 6) is 0.707. The van der Waals surface area contributed by atoms with Gasteiger partial charge in [0.25, 0.3) is 0 Å². The number of hydrogen-bond donors (Lipinski definition) is 2. The molecule has 0 saturated carbocycles. The molecule has 0 unspecified atom stereocenters. The zero-order chi connectivity index (χ0) is 15.2. The van der Waals surface area contributed by atoms with E-state index in [0.29, 0.717) is 11.4 Å². The van der Waals surface area contributed by atoms with Crippen LogP contribution in [0.5, 0.6) is 0 Å². The number of benzene rings is 2. The van der Waals surface area contributed by atoms with Crippen LogP contribution in [0.2, 0.25) is 5.02 Å². The lowest BCUT2D eigenvalue weighted by molar-refractivity contribution is -0.115. The van der Waals surface area contributed by atoms with Gasteiger partial charge in [-0.1, -0.05) is 17.7 Å². The first-order valence-corrected chi connectivity index (χ1v) is 7.95. The fourth-order valence-electron chi connectivity index (χ4n) is 1.77. The summed E-state index contributed by atoms with van der Waals surface area (Å²) in [7, 11) is 0. The van der Waals surface area contributed by atoms with Crippen molar-refractivity contribution < 1.29 is 4.79 Å². The number of nitrogen functional groups attached to an aromatic ring is 1. The summed E-state index contributed by atoms with van der Waals surface area (Å²) >= 11 is 7.56. The molecule has 0 bridgehead atoms. The summed E-state index contributed by atoms with van der Waals surface area (Å²) in [4.78, 5) is 13.0. The maximum atomic E-state index is 11.9. The van der Waals surface area contributed by atoms with E-state index < -0.39 is 0 Å². The zero-order valence-corrected chi connectivity index (χ0v) is 13.3. The van der Waals surface area contributed by atoms with Crippen molar-refractivity contribution in [2.45, 2.75) is 18.2 Å². The molecular weight excluding hydrogens is 304 g/mol. The molecule has 110 valence electrons. The van der Waals surface area contributed by atoms with Crippen LogP contribution in [0.1, 0.15) is 12.0 Å². The molecule has 0 spiro atoms. The number of carbonyl (C=O) groups is 1. The van der Waals surface area contributed by atoms with Crippen LogP contribution in [0.15, 0.2) is 47.4 Å². The van der Waals surface area contributed by atoms with E-state index in [2.05, 4.69) is 5.32 Å². The third kappa shape index (κ3) is 4.99. The number of carbonyl (C=O) groups excluding carboxylic acids is 1. The molecule has 2 rings (SSSR count). The van der Waals surface area contributed by atoms with Gasteiger partial charge in [0, 0.05) is 33.5 Å². The van der Waals surface area contributed by atoms with Gasteiger partial charge in [-0.2, -0.15) is 0 Å². The molecule has 1 amide bonds. The van der Waals surface area contributed by atoms with Crippen LogP contribution in [0.25, 0.3) is 0 Å².